The number of aryl methyl sites for hydroxylation is 1. The average Bonchev–Trinajstić information content (AvgIpc) is 3.22. The predicted molar refractivity (Wildman–Crippen MR) is 88.4 cm³/mol. The highest BCUT2D eigenvalue weighted by Crippen LogP contribution is 2.28. The molecule has 2 aromatic carbocycles. The number of hydrogen-bond acceptors (Lipinski definition) is 3. The minimum Gasteiger partial charge on any atom is -0.356 e. The van der Waals surface area contributed by atoms with Gasteiger partial charge in [-0.3, -0.25) is 4.79 Å². The lowest BCUT2D eigenvalue weighted by molar-refractivity contribution is 0.0791. The molecule has 0 aliphatic carbocycles. The second-order valence-electron chi connectivity index (χ2n) is 6.13. The summed E-state index contributed by atoms with van der Waals surface area (Å²) in [5, 5.41) is 4.91. The van der Waals surface area contributed by atoms with Crippen molar-refractivity contribution in [3.05, 3.63) is 65.4 Å². The van der Waals surface area contributed by atoms with E-state index < -0.39 is 0 Å². The van der Waals surface area contributed by atoms with Gasteiger partial charge in [-0.1, -0.05) is 35.5 Å². The Morgan fingerprint density at radius 2 is 2.04 bits per heavy atom. The molecule has 4 heteroatoms. The smallest absolute Gasteiger partial charge is 0.254 e. The number of aromatic nitrogens is 1. The fourth-order valence-electron chi connectivity index (χ4n) is 3.32. The highest BCUT2D eigenvalue weighted by atomic mass is 16.5. The molecule has 1 aliphatic heterocycles. The first-order valence-corrected chi connectivity index (χ1v) is 7.92. The van der Waals surface area contributed by atoms with Crippen molar-refractivity contribution < 1.29 is 9.32 Å². The van der Waals surface area contributed by atoms with Crippen molar-refractivity contribution in [3.8, 4) is 0 Å². The van der Waals surface area contributed by atoms with Gasteiger partial charge in [-0.15, -0.1) is 0 Å². The van der Waals surface area contributed by atoms with Crippen molar-refractivity contribution in [1.29, 1.82) is 0 Å². The quantitative estimate of drug-likeness (QED) is 0.724. The molecule has 1 saturated heterocycles. The van der Waals surface area contributed by atoms with E-state index in [0.717, 1.165) is 30.6 Å². The Balaban J connectivity index is 1.54. The molecule has 1 aliphatic rings. The second-order valence-corrected chi connectivity index (χ2v) is 6.13. The van der Waals surface area contributed by atoms with Crippen LogP contribution in [-0.4, -0.2) is 29.1 Å². The molecule has 1 aromatic heterocycles. The molecule has 0 radical (unpaired) electrons. The molecular formula is C19H18N2O2. The Labute approximate surface area is 134 Å². The fourth-order valence-corrected chi connectivity index (χ4v) is 3.32. The molecule has 1 fully saturated rings. The maximum Gasteiger partial charge on any atom is 0.254 e. The van der Waals surface area contributed by atoms with Crippen LogP contribution in [-0.2, 0) is 0 Å². The topological polar surface area (TPSA) is 46.3 Å². The molecule has 116 valence electrons. The van der Waals surface area contributed by atoms with Gasteiger partial charge in [-0.05, 0) is 37.1 Å². The maximum absolute atomic E-state index is 12.7. The van der Waals surface area contributed by atoms with E-state index >= 15 is 0 Å². The van der Waals surface area contributed by atoms with Crippen molar-refractivity contribution in [2.75, 3.05) is 13.1 Å². The van der Waals surface area contributed by atoms with E-state index in [4.69, 9.17) is 4.52 Å². The lowest BCUT2D eigenvalue weighted by Gasteiger charge is -2.16. The standard InChI is InChI=1S/C19H18N2O2/c1-13-17-8-7-15(11-18(17)23-20-13)19(22)21-10-9-16(12-21)14-5-3-2-4-6-14/h2-8,11,16H,9-10,12H2,1H3. The Hall–Kier alpha value is -2.62. The monoisotopic (exact) mass is 306 g/mol. The summed E-state index contributed by atoms with van der Waals surface area (Å²) in [6.07, 6.45) is 1.01. The summed E-state index contributed by atoms with van der Waals surface area (Å²) in [5.74, 6) is 0.496. The van der Waals surface area contributed by atoms with Crippen LogP contribution in [0, 0.1) is 6.92 Å². The SMILES string of the molecule is Cc1noc2cc(C(=O)N3CCC(c4ccccc4)C3)ccc12. The summed E-state index contributed by atoms with van der Waals surface area (Å²) in [6, 6.07) is 16.0. The molecular weight excluding hydrogens is 288 g/mol. The molecule has 0 N–H and O–H groups in total. The van der Waals surface area contributed by atoms with Gasteiger partial charge in [0.1, 0.15) is 0 Å². The van der Waals surface area contributed by atoms with E-state index in [1.807, 2.05) is 30.0 Å². The number of carbonyl (C=O) groups excluding carboxylic acids is 1. The van der Waals surface area contributed by atoms with Crippen molar-refractivity contribution in [2.45, 2.75) is 19.3 Å². The van der Waals surface area contributed by atoms with Crippen LogP contribution in [0.25, 0.3) is 11.0 Å². The van der Waals surface area contributed by atoms with Crippen molar-refractivity contribution in [3.63, 3.8) is 0 Å². The predicted octanol–water partition coefficient (Wildman–Crippen LogP) is 3.77. The molecule has 2 heterocycles. The largest absolute Gasteiger partial charge is 0.356 e. The number of likely N-dealkylation sites (tertiary alicyclic amines) is 1. The zero-order valence-corrected chi connectivity index (χ0v) is 13.0. The van der Waals surface area contributed by atoms with E-state index in [9.17, 15) is 4.79 Å². The molecule has 0 saturated carbocycles. The molecule has 1 atom stereocenters. The molecule has 0 bridgehead atoms. The molecule has 4 rings (SSSR count). The normalized spacial score (nSPS) is 17.8. The lowest BCUT2D eigenvalue weighted by atomic mass is 9.99. The van der Waals surface area contributed by atoms with E-state index in [-0.39, 0.29) is 5.91 Å². The van der Waals surface area contributed by atoms with Gasteiger partial charge in [0.15, 0.2) is 5.58 Å². The summed E-state index contributed by atoms with van der Waals surface area (Å²) in [7, 11) is 0. The van der Waals surface area contributed by atoms with Crippen LogP contribution in [0.4, 0.5) is 0 Å². The Bertz CT molecular complexity index is 854. The zero-order chi connectivity index (χ0) is 15.8. The summed E-state index contributed by atoms with van der Waals surface area (Å²) in [5.41, 5.74) is 3.50. The van der Waals surface area contributed by atoms with Gasteiger partial charge < -0.3 is 9.42 Å². The highest BCUT2D eigenvalue weighted by molar-refractivity contribution is 5.98. The highest BCUT2D eigenvalue weighted by Gasteiger charge is 2.28. The van der Waals surface area contributed by atoms with Crippen LogP contribution in [0.3, 0.4) is 0 Å². The van der Waals surface area contributed by atoms with Crippen LogP contribution < -0.4 is 0 Å². The minimum atomic E-state index is 0.0689. The van der Waals surface area contributed by atoms with Crippen molar-refractivity contribution >= 4 is 16.9 Å². The van der Waals surface area contributed by atoms with Gasteiger partial charge in [0.2, 0.25) is 0 Å². The Morgan fingerprint density at radius 1 is 1.22 bits per heavy atom. The molecule has 1 unspecified atom stereocenters. The Kier molecular flexibility index (Phi) is 3.37. The maximum atomic E-state index is 12.7. The third-order valence-corrected chi connectivity index (χ3v) is 4.65. The third kappa shape index (κ3) is 2.50. The number of fused-ring (bicyclic) bond motifs is 1. The van der Waals surface area contributed by atoms with Gasteiger partial charge in [0.05, 0.1) is 5.69 Å². The van der Waals surface area contributed by atoms with E-state index in [1.54, 1.807) is 6.07 Å². The van der Waals surface area contributed by atoms with E-state index in [1.165, 1.54) is 5.56 Å². The van der Waals surface area contributed by atoms with Crippen LogP contribution in [0.5, 0.6) is 0 Å². The molecule has 1 amide bonds. The summed E-state index contributed by atoms with van der Waals surface area (Å²) < 4.78 is 5.27. The number of nitrogens with zero attached hydrogens (tertiary/aromatic N) is 2. The number of rotatable bonds is 2. The first-order chi connectivity index (χ1) is 11.2. The first kappa shape index (κ1) is 14.0. The zero-order valence-electron chi connectivity index (χ0n) is 13.0. The van der Waals surface area contributed by atoms with Gasteiger partial charge in [-0.2, -0.15) is 0 Å². The van der Waals surface area contributed by atoms with Crippen LogP contribution in [0.1, 0.15) is 34.0 Å². The molecule has 23 heavy (non-hydrogen) atoms. The molecule has 0 spiro atoms. The number of carbonyl (C=O) groups is 1. The van der Waals surface area contributed by atoms with Gasteiger partial charge in [0.25, 0.3) is 5.91 Å². The fraction of sp³-hybridized carbons (Fsp3) is 0.263. The second kappa shape index (κ2) is 5.54. The van der Waals surface area contributed by atoms with E-state index in [0.29, 0.717) is 17.1 Å². The summed E-state index contributed by atoms with van der Waals surface area (Å²) in [6.45, 7) is 3.47. The summed E-state index contributed by atoms with van der Waals surface area (Å²) >= 11 is 0. The summed E-state index contributed by atoms with van der Waals surface area (Å²) in [4.78, 5) is 14.7. The van der Waals surface area contributed by atoms with Crippen LogP contribution in [0.2, 0.25) is 0 Å². The van der Waals surface area contributed by atoms with E-state index in [2.05, 4.69) is 29.4 Å². The Morgan fingerprint density at radius 3 is 2.87 bits per heavy atom. The molecule has 3 aromatic rings. The third-order valence-electron chi connectivity index (χ3n) is 4.65. The van der Waals surface area contributed by atoms with Crippen molar-refractivity contribution in [1.82, 2.24) is 10.1 Å². The van der Waals surface area contributed by atoms with Gasteiger partial charge in [0, 0.05) is 30.0 Å². The van der Waals surface area contributed by atoms with Gasteiger partial charge in [-0.25, -0.2) is 0 Å². The first-order valence-electron chi connectivity index (χ1n) is 7.92. The van der Waals surface area contributed by atoms with Crippen molar-refractivity contribution in [2.24, 2.45) is 0 Å². The molecule has 4 nitrogen and oxygen atoms in total. The minimum absolute atomic E-state index is 0.0689. The average molecular weight is 306 g/mol. The number of hydrogen-bond donors (Lipinski definition) is 0. The lowest BCUT2D eigenvalue weighted by Crippen LogP contribution is -2.28. The van der Waals surface area contributed by atoms with Crippen LogP contribution in [0.15, 0.2) is 53.1 Å². The van der Waals surface area contributed by atoms with Gasteiger partial charge >= 0.3 is 0 Å². The number of amides is 1. The number of benzene rings is 2. The van der Waals surface area contributed by atoms with Crippen LogP contribution >= 0.6 is 0 Å².